The fourth-order valence-corrected chi connectivity index (χ4v) is 2.94. The molecule has 126 valence electrons. The van der Waals surface area contributed by atoms with E-state index in [2.05, 4.69) is 0 Å². The van der Waals surface area contributed by atoms with Gasteiger partial charge in [-0.1, -0.05) is 12.1 Å². The molecule has 2 heterocycles. The second-order valence-corrected chi connectivity index (χ2v) is 5.79. The smallest absolute Gasteiger partial charge is 0.309 e. The Morgan fingerprint density at radius 3 is 2.67 bits per heavy atom. The van der Waals surface area contributed by atoms with Gasteiger partial charge in [-0.2, -0.15) is 0 Å². The lowest BCUT2D eigenvalue weighted by molar-refractivity contribution is -0.149. The molecule has 0 N–H and O–H groups in total. The standard InChI is InChI=1S/C18H19NO5/c1-2-23-18(22)12-7-9-19(10-8-12)17(21)16-11-14(20)13-5-3-4-6-15(13)24-16/h3-6,11-12H,2,7-10H2,1H3. The lowest BCUT2D eigenvalue weighted by Crippen LogP contribution is -2.40. The maximum absolute atomic E-state index is 12.6. The Kier molecular flexibility index (Phi) is 4.64. The molecule has 0 atom stereocenters. The Bertz CT molecular complexity index is 818. The van der Waals surface area contributed by atoms with Gasteiger partial charge in [-0.25, -0.2) is 0 Å². The zero-order chi connectivity index (χ0) is 17.1. The maximum atomic E-state index is 12.6. The molecular weight excluding hydrogens is 310 g/mol. The summed E-state index contributed by atoms with van der Waals surface area (Å²) in [4.78, 5) is 38.0. The van der Waals surface area contributed by atoms with E-state index in [1.165, 1.54) is 6.07 Å². The van der Waals surface area contributed by atoms with E-state index < -0.39 is 0 Å². The van der Waals surface area contributed by atoms with Gasteiger partial charge in [0.1, 0.15) is 5.58 Å². The molecule has 1 amide bonds. The van der Waals surface area contributed by atoms with Crippen LogP contribution in [0.3, 0.4) is 0 Å². The second kappa shape index (κ2) is 6.86. The predicted molar refractivity (Wildman–Crippen MR) is 87.7 cm³/mol. The number of hydrogen-bond acceptors (Lipinski definition) is 5. The molecule has 0 unspecified atom stereocenters. The van der Waals surface area contributed by atoms with Crippen molar-refractivity contribution in [3.63, 3.8) is 0 Å². The first-order valence-electron chi connectivity index (χ1n) is 8.09. The Labute approximate surface area is 139 Å². The number of rotatable bonds is 3. The van der Waals surface area contributed by atoms with Crippen LogP contribution in [0.5, 0.6) is 0 Å². The van der Waals surface area contributed by atoms with E-state index in [-0.39, 0.29) is 29.0 Å². The Morgan fingerprint density at radius 2 is 1.96 bits per heavy atom. The zero-order valence-electron chi connectivity index (χ0n) is 13.5. The fraction of sp³-hybridized carbons (Fsp3) is 0.389. The monoisotopic (exact) mass is 329 g/mol. The number of piperidine rings is 1. The first-order valence-corrected chi connectivity index (χ1v) is 8.09. The van der Waals surface area contributed by atoms with Gasteiger partial charge in [0.2, 0.25) is 0 Å². The number of ether oxygens (including phenoxy) is 1. The minimum absolute atomic E-state index is 0.0354. The number of hydrogen-bond donors (Lipinski definition) is 0. The first-order chi connectivity index (χ1) is 11.6. The molecule has 0 radical (unpaired) electrons. The van der Waals surface area contributed by atoms with Crippen LogP contribution in [-0.2, 0) is 9.53 Å². The molecule has 1 fully saturated rings. The van der Waals surface area contributed by atoms with Crippen molar-refractivity contribution in [3.8, 4) is 0 Å². The van der Waals surface area contributed by atoms with Crippen LogP contribution in [0, 0.1) is 5.92 Å². The van der Waals surface area contributed by atoms with E-state index in [1.54, 1.807) is 36.1 Å². The third kappa shape index (κ3) is 3.18. The van der Waals surface area contributed by atoms with Crippen molar-refractivity contribution >= 4 is 22.8 Å². The highest BCUT2D eigenvalue weighted by molar-refractivity contribution is 5.93. The van der Waals surface area contributed by atoms with Gasteiger partial charge >= 0.3 is 5.97 Å². The number of fused-ring (bicyclic) bond motifs is 1. The number of amides is 1. The summed E-state index contributed by atoms with van der Waals surface area (Å²) in [6, 6.07) is 8.08. The van der Waals surface area contributed by atoms with Crippen LogP contribution in [-0.4, -0.2) is 36.5 Å². The van der Waals surface area contributed by atoms with Crippen molar-refractivity contribution in [1.82, 2.24) is 4.90 Å². The minimum Gasteiger partial charge on any atom is -0.466 e. The molecule has 0 spiro atoms. The highest BCUT2D eigenvalue weighted by Gasteiger charge is 2.29. The SMILES string of the molecule is CCOC(=O)C1CCN(C(=O)c2cc(=O)c3ccccc3o2)CC1. The van der Waals surface area contributed by atoms with Crippen molar-refractivity contribution < 1.29 is 18.7 Å². The molecule has 6 nitrogen and oxygen atoms in total. The Hall–Kier alpha value is -2.63. The summed E-state index contributed by atoms with van der Waals surface area (Å²) in [7, 11) is 0. The topological polar surface area (TPSA) is 76.8 Å². The normalized spacial score (nSPS) is 15.5. The molecule has 24 heavy (non-hydrogen) atoms. The number of benzene rings is 1. The summed E-state index contributed by atoms with van der Waals surface area (Å²) in [5.41, 5.74) is 0.163. The molecule has 1 saturated heterocycles. The molecule has 0 bridgehead atoms. The largest absolute Gasteiger partial charge is 0.466 e. The lowest BCUT2D eigenvalue weighted by Gasteiger charge is -2.30. The van der Waals surface area contributed by atoms with Crippen molar-refractivity contribution in [2.45, 2.75) is 19.8 Å². The molecule has 0 saturated carbocycles. The second-order valence-electron chi connectivity index (χ2n) is 5.79. The Balaban J connectivity index is 1.74. The molecular formula is C18H19NO5. The number of para-hydroxylation sites is 1. The van der Waals surface area contributed by atoms with Crippen LogP contribution in [0.2, 0.25) is 0 Å². The molecule has 3 rings (SSSR count). The molecule has 1 aliphatic heterocycles. The van der Waals surface area contributed by atoms with Gasteiger partial charge in [-0.05, 0) is 31.9 Å². The zero-order valence-corrected chi connectivity index (χ0v) is 13.5. The van der Waals surface area contributed by atoms with Crippen LogP contribution < -0.4 is 5.43 Å². The maximum Gasteiger partial charge on any atom is 0.309 e. The summed E-state index contributed by atoms with van der Waals surface area (Å²) in [6.45, 7) is 3.02. The number of carbonyl (C=O) groups is 2. The van der Waals surface area contributed by atoms with Crippen LogP contribution in [0.1, 0.15) is 30.3 Å². The van der Waals surface area contributed by atoms with Gasteiger partial charge in [-0.3, -0.25) is 14.4 Å². The van der Waals surface area contributed by atoms with Crippen molar-refractivity contribution in [3.05, 3.63) is 46.3 Å². The average Bonchev–Trinajstić information content (AvgIpc) is 2.61. The molecule has 6 heteroatoms. The highest BCUT2D eigenvalue weighted by atomic mass is 16.5. The fourth-order valence-electron chi connectivity index (χ4n) is 2.94. The quantitative estimate of drug-likeness (QED) is 0.807. The Morgan fingerprint density at radius 1 is 1.25 bits per heavy atom. The van der Waals surface area contributed by atoms with Crippen molar-refractivity contribution in [1.29, 1.82) is 0 Å². The summed E-state index contributed by atoms with van der Waals surface area (Å²) >= 11 is 0. The van der Waals surface area contributed by atoms with E-state index in [4.69, 9.17) is 9.15 Å². The van der Waals surface area contributed by atoms with Gasteiger partial charge in [0.25, 0.3) is 5.91 Å². The number of likely N-dealkylation sites (tertiary alicyclic amines) is 1. The van der Waals surface area contributed by atoms with Gasteiger partial charge in [0.05, 0.1) is 17.9 Å². The van der Waals surface area contributed by atoms with Crippen molar-refractivity contribution in [2.75, 3.05) is 19.7 Å². The van der Waals surface area contributed by atoms with Crippen LogP contribution in [0.25, 0.3) is 11.0 Å². The molecule has 1 aromatic heterocycles. The van der Waals surface area contributed by atoms with Gasteiger partial charge < -0.3 is 14.1 Å². The van der Waals surface area contributed by atoms with E-state index >= 15 is 0 Å². The van der Waals surface area contributed by atoms with Crippen LogP contribution >= 0.6 is 0 Å². The average molecular weight is 329 g/mol. The summed E-state index contributed by atoms with van der Waals surface area (Å²) in [5, 5.41) is 0.454. The molecule has 2 aromatic rings. The number of nitrogens with zero attached hydrogens (tertiary/aromatic N) is 1. The minimum atomic E-state index is -0.319. The van der Waals surface area contributed by atoms with Gasteiger partial charge in [0.15, 0.2) is 11.2 Å². The lowest BCUT2D eigenvalue weighted by atomic mass is 9.97. The van der Waals surface area contributed by atoms with E-state index in [1.807, 2.05) is 0 Å². The van der Waals surface area contributed by atoms with Crippen LogP contribution in [0.4, 0.5) is 0 Å². The number of esters is 1. The van der Waals surface area contributed by atoms with Crippen LogP contribution in [0.15, 0.2) is 39.5 Å². The molecule has 0 aliphatic carbocycles. The summed E-state index contributed by atoms with van der Waals surface area (Å²) < 4.78 is 10.6. The predicted octanol–water partition coefficient (Wildman–Crippen LogP) is 2.21. The molecule has 1 aliphatic rings. The third-order valence-corrected chi connectivity index (χ3v) is 4.25. The van der Waals surface area contributed by atoms with E-state index in [9.17, 15) is 14.4 Å². The van der Waals surface area contributed by atoms with Gasteiger partial charge in [0, 0.05) is 19.2 Å². The summed E-state index contributed by atoms with van der Waals surface area (Å²) in [6.07, 6.45) is 1.12. The highest BCUT2D eigenvalue weighted by Crippen LogP contribution is 2.21. The number of carbonyl (C=O) groups excluding carboxylic acids is 2. The van der Waals surface area contributed by atoms with Crippen molar-refractivity contribution in [2.24, 2.45) is 5.92 Å². The third-order valence-electron chi connectivity index (χ3n) is 4.25. The van der Waals surface area contributed by atoms with E-state index in [0.29, 0.717) is 43.5 Å². The first kappa shape index (κ1) is 16.2. The van der Waals surface area contributed by atoms with Gasteiger partial charge in [-0.15, -0.1) is 0 Å². The summed E-state index contributed by atoms with van der Waals surface area (Å²) in [5.74, 6) is -0.659. The molecule has 1 aromatic carbocycles. The van der Waals surface area contributed by atoms with E-state index in [0.717, 1.165) is 0 Å².